The summed E-state index contributed by atoms with van der Waals surface area (Å²) in [7, 11) is 0. The van der Waals surface area contributed by atoms with Crippen LogP contribution in [0.1, 0.15) is 12.8 Å². The van der Waals surface area contributed by atoms with Crippen molar-refractivity contribution in [3.8, 4) is 5.88 Å². The molecule has 4 rings (SSSR count). The van der Waals surface area contributed by atoms with E-state index in [1.165, 1.54) is 12.3 Å². The number of nitrogens with one attached hydrogen (secondary N) is 2. The zero-order chi connectivity index (χ0) is 17.4. The van der Waals surface area contributed by atoms with Crippen LogP contribution in [-0.2, 0) is 6.54 Å². The third-order valence-electron chi connectivity index (χ3n) is 4.01. The Morgan fingerprint density at radius 3 is 3.00 bits per heavy atom. The van der Waals surface area contributed by atoms with E-state index in [2.05, 4.69) is 35.3 Å². The number of ether oxygens (including phenoxy) is 1. The molecular weight excluding hydrogens is 336 g/mol. The average Bonchev–Trinajstić information content (AvgIpc) is 3.12. The van der Waals surface area contributed by atoms with Crippen molar-refractivity contribution in [1.82, 2.24) is 29.9 Å². The summed E-state index contributed by atoms with van der Waals surface area (Å²) in [6, 6.07) is 1.30. The molecule has 9 nitrogen and oxygen atoms in total. The summed E-state index contributed by atoms with van der Waals surface area (Å²) in [5.74, 6) is 0.908. The van der Waals surface area contributed by atoms with E-state index in [1.807, 2.05) is 0 Å². The zero-order valence-corrected chi connectivity index (χ0v) is 12.9. The third kappa shape index (κ3) is 3.36. The van der Waals surface area contributed by atoms with Crippen molar-refractivity contribution in [3.63, 3.8) is 0 Å². The molecule has 0 unspecified atom stereocenters. The number of aliphatic hydroxyl groups is 1. The molecule has 3 aromatic rings. The molecule has 3 heterocycles. The summed E-state index contributed by atoms with van der Waals surface area (Å²) in [6.07, 6.45) is 4.43. The van der Waals surface area contributed by atoms with E-state index in [4.69, 9.17) is 0 Å². The Bertz CT molecular complexity index is 875. The van der Waals surface area contributed by atoms with E-state index in [-0.39, 0.29) is 12.0 Å². The lowest BCUT2D eigenvalue weighted by Crippen LogP contribution is -2.31. The lowest BCUT2D eigenvalue weighted by Gasteiger charge is -2.31. The Hall–Kier alpha value is -2.82. The van der Waals surface area contributed by atoms with E-state index in [0.29, 0.717) is 35.3 Å². The van der Waals surface area contributed by atoms with Gasteiger partial charge in [0.05, 0.1) is 18.5 Å². The number of hydrogen-bond acceptors (Lipinski definition) is 7. The number of H-pyrrole nitrogens is 1. The first kappa shape index (κ1) is 15.7. The molecule has 0 radical (unpaired) electrons. The standard InChI is InChI=1S/C14H15F2N7O2/c15-14(16)25-12-3-10(21-22-12)19-11-5-17-9-4-18-23(13(9)20-11)6-7-1-8(24)2-7/h3-5,7-8,14,24H,1-2,6H2,(H2,19,20,21,22). The lowest BCUT2D eigenvalue weighted by atomic mass is 9.82. The van der Waals surface area contributed by atoms with Gasteiger partial charge in [-0.05, 0) is 18.8 Å². The van der Waals surface area contributed by atoms with Crippen LogP contribution in [-0.4, -0.2) is 47.8 Å². The van der Waals surface area contributed by atoms with Crippen LogP contribution in [0.25, 0.3) is 11.2 Å². The van der Waals surface area contributed by atoms with Gasteiger partial charge >= 0.3 is 6.61 Å². The molecule has 3 aromatic heterocycles. The van der Waals surface area contributed by atoms with Crippen LogP contribution in [0.2, 0.25) is 0 Å². The Morgan fingerprint density at radius 1 is 1.40 bits per heavy atom. The predicted molar refractivity (Wildman–Crippen MR) is 82.6 cm³/mol. The molecule has 1 aliphatic rings. The predicted octanol–water partition coefficient (Wildman–Crippen LogP) is 1.67. The van der Waals surface area contributed by atoms with E-state index in [0.717, 1.165) is 12.8 Å². The van der Waals surface area contributed by atoms with Crippen molar-refractivity contribution < 1.29 is 18.6 Å². The summed E-state index contributed by atoms with van der Waals surface area (Å²) < 4.78 is 30.3. The molecule has 0 aromatic carbocycles. The van der Waals surface area contributed by atoms with Crippen LogP contribution in [0.4, 0.5) is 20.4 Å². The van der Waals surface area contributed by atoms with Crippen molar-refractivity contribution in [2.24, 2.45) is 5.92 Å². The van der Waals surface area contributed by atoms with Gasteiger partial charge in [0.1, 0.15) is 11.3 Å². The monoisotopic (exact) mass is 351 g/mol. The maximum atomic E-state index is 12.2. The molecule has 0 saturated heterocycles. The molecule has 25 heavy (non-hydrogen) atoms. The number of alkyl halides is 2. The quantitative estimate of drug-likeness (QED) is 0.619. The van der Waals surface area contributed by atoms with Gasteiger partial charge in [0.25, 0.3) is 0 Å². The van der Waals surface area contributed by atoms with Gasteiger partial charge in [-0.2, -0.15) is 13.9 Å². The smallest absolute Gasteiger partial charge is 0.388 e. The van der Waals surface area contributed by atoms with Gasteiger partial charge in [-0.1, -0.05) is 0 Å². The normalized spacial score (nSPS) is 20.0. The average molecular weight is 351 g/mol. The molecule has 0 aliphatic heterocycles. The number of halogens is 2. The topological polar surface area (TPSA) is 114 Å². The van der Waals surface area contributed by atoms with Gasteiger partial charge in [0.2, 0.25) is 5.88 Å². The van der Waals surface area contributed by atoms with Crippen molar-refractivity contribution in [2.45, 2.75) is 32.1 Å². The summed E-state index contributed by atoms with van der Waals surface area (Å²) >= 11 is 0. The maximum Gasteiger partial charge on any atom is 0.388 e. The number of aromatic amines is 1. The van der Waals surface area contributed by atoms with Crippen LogP contribution < -0.4 is 10.1 Å². The Kier molecular flexibility index (Phi) is 3.92. The van der Waals surface area contributed by atoms with Crippen LogP contribution in [0.15, 0.2) is 18.5 Å². The van der Waals surface area contributed by atoms with Gasteiger partial charge in [-0.3, -0.25) is 5.10 Å². The van der Waals surface area contributed by atoms with Gasteiger partial charge < -0.3 is 15.2 Å². The second-order valence-electron chi connectivity index (χ2n) is 5.91. The number of rotatable bonds is 6. The third-order valence-corrected chi connectivity index (χ3v) is 4.01. The van der Waals surface area contributed by atoms with E-state index in [1.54, 1.807) is 10.9 Å². The van der Waals surface area contributed by atoms with Crippen LogP contribution in [0, 0.1) is 5.92 Å². The van der Waals surface area contributed by atoms with Crippen LogP contribution in [0.3, 0.4) is 0 Å². The highest BCUT2D eigenvalue weighted by Gasteiger charge is 2.28. The number of hydrogen-bond donors (Lipinski definition) is 3. The molecule has 0 spiro atoms. The minimum Gasteiger partial charge on any atom is -0.415 e. The van der Waals surface area contributed by atoms with E-state index < -0.39 is 6.61 Å². The fraction of sp³-hybridized carbons (Fsp3) is 0.429. The molecule has 1 saturated carbocycles. The molecule has 1 aliphatic carbocycles. The highest BCUT2D eigenvalue weighted by molar-refractivity contribution is 5.71. The number of fused-ring (bicyclic) bond motifs is 1. The lowest BCUT2D eigenvalue weighted by molar-refractivity contribution is -0.0528. The highest BCUT2D eigenvalue weighted by atomic mass is 19.3. The largest absolute Gasteiger partial charge is 0.415 e. The van der Waals surface area contributed by atoms with Crippen LogP contribution >= 0.6 is 0 Å². The van der Waals surface area contributed by atoms with Crippen LogP contribution in [0.5, 0.6) is 5.88 Å². The van der Waals surface area contributed by atoms with Gasteiger partial charge in [0, 0.05) is 12.6 Å². The number of aromatic nitrogens is 6. The molecule has 1 fully saturated rings. The van der Waals surface area contributed by atoms with Gasteiger partial charge in [0.15, 0.2) is 11.5 Å². The SMILES string of the molecule is OC1CC(Cn2ncc3ncc(Nc4cc(OC(F)F)n[nH]4)nc32)C1. The molecule has 0 bridgehead atoms. The molecular formula is C14H15F2N7O2. The summed E-state index contributed by atoms with van der Waals surface area (Å²) in [4.78, 5) is 8.73. The second kappa shape index (κ2) is 6.24. The minimum absolute atomic E-state index is 0.222. The molecule has 3 N–H and O–H groups in total. The zero-order valence-electron chi connectivity index (χ0n) is 12.9. The van der Waals surface area contributed by atoms with Gasteiger partial charge in [-0.15, -0.1) is 5.10 Å². The summed E-state index contributed by atoms with van der Waals surface area (Å²) in [5, 5.41) is 22.7. The fourth-order valence-corrected chi connectivity index (χ4v) is 2.79. The Labute approximate surface area is 140 Å². The highest BCUT2D eigenvalue weighted by Crippen LogP contribution is 2.29. The number of nitrogens with zero attached hydrogens (tertiary/aromatic N) is 5. The molecule has 11 heteroatoms. The van der Waals surface area contributed by atoms with Crippen molar-refractivity contribution in [3.05, 3.63) is 18.5 Å². The first-order valence-corrected chi connectivity index (χ1v) is 7.70. The van der Waals surface area contributed by atoms with Crippen molar-refractivity contribution >= 4 is 22.8 Å². The number of anilines is 2. The van der Waals surface area contributed by atoms with Crippen molar-refractivity contribution in [2.75, 3.05) is 5.32 Å². The summed E-state index contributed by atoms with van der Waals surface area (Å²) in [5.41, 5.74) is 1.26. The minimum atomic E-state index is -2.94. The Balaban J connectivity index is 1.51. The first-order chi connectivity index (χ1) is 12.1. The fourth-order valence-electron chi connectivity index (χ4n) is 2.79. The first-order valence-electron chi connectivity index (χ1n) is 7.70. The number of aliphatic hydroxyl groups excluding tert-OH is 1. The summed E-state index contributed by atoms with van der Waals surface area (Å²) in [6.45, 7) is -2.28. The van der Waals surface area contributed by atoms with E-state index >= 15 is 0 Å². The Morgan fingerprint density at radius 2 is 2.24 bits per heavy atom. The molecule has 0 atom stereocenters. The second-order valence-corrected chi connectivity index (χ2v) is 5.91. The van der Waals surface area contributed by atoms with E-state index in [9.17, 15) is 13.9 Å². The van der Waals surface area contributed by atoms with Gasteiger partial charge in [-0.25, -0.2) is 14.6 Å². The van der Waals surface area contributed by atoms with Crippen molar-refractivity contribution in [1.29, 1.82) is 0 Å². The molecule has 132 valence electrons. The molecule has 0 amide bonds. The maximum absolute atomic E-state index is 12.2.